The number of aromatic nitrogens is 3. The molecule has 9 aromatic rings. The van der Waals surface area contributed by atoms with Crippen molar-refractivity contribution >= 4 is 81.9 Å². The number of furan rings is 1. The normalized spacial score (nSPS) is 14.5. The summed E-state index contributed by atoms with van der Waals surface area (Å²) in [6.45, 7) is 0. The molecule has 0 saturated heterocycles. The van der Waals surface area contributed by atoms with Crippen molar-refractivity contribution in [1.82, 2.24) is 15.0 Å². The number of rotatable bonds is 3. The van der Waals surface area contributed by atoms with Gasteiger partial charge in [-0.15, -0.1) is 11.3 Å². The molecular formula is C41H24ClN3OS. The summed E-state index contributed by atoms with van der Waals surface area (Å²) in [6.07, 6.45) is 5.26. The number of nitrogens with zero attached hydrogens (tertiary/aromatic N) is 3. The minimum Gasteiger partial charge on any atom is -0.456 e. The summed E-state index contributed by atoms with van der Waals surface area (Å²) in [5.41, 5.74) is 6.06. The van der Waals surface area contributed by atoms with E-state index in [0.29, 0.717) is 16.7 Å². The minimum absolute atomic E-state index is 0.0239. The molecule has 10 rings (SSSR count). The maximum absolute atomic E-state index is 6.74. The van der Waals surface area contributed by atoms with E-state index in [1.807, 2.05) is 24.3 Å². The molecule has 1 aliphatic rings. The van der Waals surface area contributed by atoms with Crippen LogP contribution in [0, 0.1) is 0 Å². The highest BCUT2D eigenvalue weighted by molar-refractivity contribution is 7.26. The van der Waals surface area contributed by atoms with Crippen molar-refractivity contribution in [1.29, 1.82) is 0 Å². The Morgan fingerprint density at radius 1 is 0.681 bits per heavy atom. The summed E-state index contributed by atoms with van der Waals surface area (Å²) in [4.78, 5) is 15.6. The van der Waals surface area contributed by atoms with Crippen LogP contribution >= 0.6 is 22.9 Å². The summed E-state index contributed by atoms with van der Waals surface area (Å²) in [5.74, 6) is 2.12. The van der Waals surface area contributed by atoms with Crippen molar-refractivity contribution < 1.29 is 4.42 Å². The van der Waals surface area contributed by atoms with Gasteiger partial charge in [-0.05, 0) is 64.7 Å². The second-order valence-corrected chi connectivity index (χ2v) is 13.5. The van der Waals surface area contributed by atoms with Crippen LogP contribution in [0.1, 0.15) is 22.9 Å². The standard InChI is InChI=1S/C41H24ClN3OS/c42-32-12-6-13-33-37(32)36-31-22-27(18-16-24(31)19-20-34(36)46-33)40-43-39(26-17-15-23-7-1-2-8-25(23)21-26)44-41(45-40)30-11-5-10-29-28-9-3-4-14-35(28)47-38(29)30/h1-20,22,26H,21H2. The van der Waals surface area contributed by atoms with Crippen LogP contribution < -0.4 is 0 Å². The van der Waals surface area contributed by atoms with Gasteiger partial charge in [0.2, 0.25) is 0 Å². The Hall–Kier alpha value is -5.36. The molecule has 0 spiro atoms. The lowest BCUT2D eigenvalue weighted by atomic mass is 9.89. The molecule has 0 amide bonds. The van der Waals surface area contributed by atoms with Crippen molar-refractivity contribution in [3.63, 3.8) is 0 Å². The van der Waals surface area contributed by atoms with Crippen molar-refractivity contribution in [2.45, 2.75) is 12.3 Å². The van der Waals surface area contributed by atoms with E-state index in [-0.39, 0.29) is 5.92 Å². The highest BCUT2D eigenvalue weighted by Crippen LogP contribution is 2.42. The zero-order chi connectivity index (χ0) is 31.1. The minimum atomic E-state index is 0.0239. The average molecular weight is 642 g/mol. The highest BCUT2D eigenvalue weighted by atomic mass is 35.5. The van der Waals surface area contributed by atoms with E-state index in [1.54, 1.807) is 11.3 Å². The van der Waals surface area contributed by atoms with E-state index in [4.69, 9.17) is 31.0 Å². The molecule has 0 N–H and O–H groups in total. The third-order valence-corrected chi connectivity index (χ3v) is 10.9. The zero-order valence-corrected chi connectivity index (χ0v) is 26.5. The molecule has 0 aliphatic heterocycles. The average Bonchev–Trinajstić information content (AvgIpc) is 3.71. The van der Waals surface area contributed by atoms with E-state index in [2.05, 4.69) is 103 Å². The van der Waals surface area contributed by atoms with Crippen LogP contribution in [0.3, 0.4) is 0 Å². The predicted octanol–water partition coefficient (Wildman–Crippen LogP) is 11.6. The Labute approximate surface area is 278 Å². The number of thiophene rings is 1. The molecule has 0 radical (unpaired) electrons. The topological polar surface area (TPSA) is 51.8 Å². The van der Waals surface area contributed by atoms with Gasteiger partial charge in [0.15, 0.2) is 11.6 Å². The summed E-state index contributed by atoms with van der Waals surface area (Å²) in [7, 11) is 0. The predicted molar refractivity (Wildman–Crippen MR) is 195 cm³/mol. The molecule has 222 valence electrons. The lowest BCUT2D eigenvalue weighted by Crippen LogP contribution is -2.12. The van der Waals surface area contributed by atoms with Gasteiger partial charge in [0.05, 0.1) is 5.02 Å². The first kappa shape index (κ1) is 26.8. The van der Waals surface area contributed by atoms with E-state index in [0.717, 1.165) is 56.1 Å². The first-order chi connectivity index (χ1) is 23.2. The zero-order valence-electron chi connectivity index (χ0n) is 24.9. The van der Waals surface area contributed by atoms with Gasteiger partial charge in [-0.2, -0.15) is 0 Å². The smallest absolute Gasteiger partial charge is 0.165 e. The lowest BCUT2D eigenvalue weighted by molar-refractivity contribution is 0.669. The second-order valence-electron chi connectivity index (χ2n) is 12.1. The van der Waals surface area contributed by atoms with E-state index in [9.17, 15) is 0 Å². The number of fused-ring (bicyclic) bond motifs is 9. The number of hydrogen-bond donors (Lipinski definition) is 0. The quantitative estimate of drug-likeness (QED) is 0.193. The van der Waals surface area contributed by atoms with Crippen LogP contribution in [-0.4, -0.2) is 15.0 Å². The fourth-order valence-corrected chi connectivity index (χ4v) is 8.52. The van der Waals surface area contributed by atoms with Crippen molar-refractivity contribution in [3.05, 3.63) is 143 Å². The third-order valence-electron chi connectivity index (χ3n) is 9.32. The van der Waals surface area contributed by atoms with Gasteiger partial charge in [-0.3, -0.25) is 0 Å². The van der Waals surface area contributed by atoms with Gasteiger partial charge < -0.3 is 4.42 Å². The maximum Gasteiger partial charge on any atom is 0.165 e. The first-order valence-corrected chi connectivity index (χ1v) is 16.8. The second kappa shape index (κ2) is 10.3. The van der Waals surface area contributed by atoms with Crippen LogP contribution in [0.4, 0.5) is 0 Å². The fourth-order valence-electron chi connectivity index (χ4n) is 7.05. The number of hydrogen-bond acceptors (Lipinski definition) is 5. The summed E-state index contributed by atoms with van der Waals surface area (Å²) >= 11 is 8.53. The van der Waals surface area contributed by atoms with E-state index in [1.165, 1.54) is 31.3 Å². The van der Waals surface area contributed by atoms with Crippen LogP contribution in [0.15, 0.2) is 126 Å². The Morgan fingerprint density at radius 3 is 2.47 bits per heavy atom. The number of halogens is 1. The van der Waals surface area contributed by atoms with Crippen molar-refractivity contribution in [3.8, 4) is 22.8 Å². The van der Waals surface area contributed by atoms with Crippen molar-refractivity contribution in [2.75, 3.05) is 0 Å². The van der Waals surface area contributed by atoms with E-state index < -0.39 is 0 Å². The number of allylic oxidation sites excluding steroid dienone is 1. The first-order valence-electron chi connectivity index (χ1n) is 15.6. The lowest BCUT2D eigenvalue weighted by Gasteiger charge is -2.19. The molecule has 3 heterocycles. The monoisotopic (exact) mass is 641 g/mol. The van der Waals surface area contributed by atoms with Gasteiger partial charge in [0.1, 0.15) is 17.0 Å². The van der Waals surface area contributed by atoms with Gasteiger partial charge in [0, 0.05) is 48.0 Å². The molecular weight excluding hydrogens is 618 g/mol. The summed E-state index contributed by atoms with van der Waals surface area (Å²) < 4.78 is 8.66. The molecule has 1 atom stereocenters. The van der Waals surface area contributed by atoms with Gasteiger partial charge in [-0.1, -0.05) is 103 Å². The third kappa shape index (κ3) is 4.24. The van der Waals surface area contributed by atoms with Crippen LogP contribution in [0.5, 0.6) is 0 Å². The molecule has 1 aliphatic carbocycles. The Kier molecular flexibility index (Phi) is 5.89. The molecule has 6 aromatic carbocycles. The Morgan fingerprint density at radius 2 is 1.49 bits per heavy atom. The summed E-state index contributed by atoms with van der Waals surface area (Å²) in [5, 5.41) is 7.21. The molecule has 3 aromatic heterocycles. The largest absolute Gasteiger partial charge is 0.456 e. The molecule has 1 unspecified atom stereocenters. The molecule has 6 heteroatoms. The molecule has 0 fully saturated rings. The molecule has 0 saturated carbocycles. The van der Waals surface area contributed by atoms with Gasteiger partial charge in [0.25, 0.3) is 0 Å². The molecule has 4 nitrogen and oxygen atoms in total. The SMILES string of the molecule is Clc1cccc2oc3ccc4ccc(-c5nc(-c6cccc7c6sc6ccccc67)nc(C6C=Cc7ccccc7C6)n5)cc4c3c12. The molecule has 47 heavy (non-hydrogen) atoms. The molecule has 0 bridgehead atoms. The number of benzene rings is 6. The summed E-state index contributed by atoms with van der Waals surface area (Å²) in [6, 6.07) is 39.9. The van der Waals surface area contributed by atoms with Crippen LogP contribution in [0.25, 0.3) is 81.7 Å². The van der Waals surface area contributed by atoms with Crippen LogP contribution in [-0.2, 0) is 6.42 Å². The fraction of sp³-hybridized carbons (Fsp3) is 0.0488. The van der Waals surface area contributed by atoms with Crippen LogP contribution in [0.2, 0.25) is 5.02 Å². The van der Waals surface area contributed by atoms with Gasteiger partial charge in [-0.25, -0.2) is 15.0 Å². The van der Waals surface area contributed by atoms with E-state index >= 15 is 0 Å². The Bertz CT molecular complexity index is 2760. The van der Waals surface area contributed by atoms with Crippen molar-refractivity contribution in [2.24, 2.45) is 0 Å². The highest BCUT2D eigenvalue weighted by Gasteiger charge is 2.23. The Balaban J connectivity index is 1.21. The maximum atomic E-state index is 6.74. The van der Waals surface area contributed by atoms with Gasteiger partial charge >= 0.3 is 0 Å².